The highest BCUT2D eigenvalue weighted by atomic mass is 35.5. The predicted molar refractivity (Wildman–Crippen MR) is 270 cm³/mol. The third kappa shape index (κ3) is 8.17. The molecule has 6 aromatic carbocycles. The summed E-state index contributed by atoms with van der Waals surface area (Å²) in [6.45, 7) is 3.43. The molecule has 0 aliphatic carbocycles. The number of rotatable bonds is 13. The van der Waals surface area contributed by atoms with Crippen molar-refractivity contribution in [1.29, 1.82) is 0 Å². The Kier molecular flexibility index (Phi) is 11.7. The van der Waals surface area contributed by atoms with Crippen LogP contribution in [0.25, 0.3) is 66.1 Å². The lowest BCUT2D eigenvalue weighted by atomic mass is 9.83. The van der Waals surface area contributed by atoms with Crippen molar-refractivity contribution in [2.75, 3.05) is 0 Å². The molecule has 0 aliphatic rings. The summed E-state index contributed by atoms with van der Waals surface area (Å²) in [5.41, 5.74) is 18.7. The molecule has 64 heavy (non-hydrogen) atoms. The van der Waals surface area contributed by atoms with Gasteiger partial charge in [-0.05, 0) is 78.2 Å². The van der Waals surface area contributed by atoms with Gasteiger partial charge in [-0.15, -0.1) is 0 Å². The molecule has 0 saturated carbocycles. The van der Waals surface area contributed by atoms with Crippen molar-refractivity contribution in [2.24, 2.45) is 5.73 Å². The van der Waals surface area contributed by atoms with Gasteiger partial charge in [0.15, 0.2) is 0 Å². The number of para-hydroxylation sites is 2. The molecule has 0 radical (unpaired) electrons. The van der Waals surface area contributed by atoms with Gasteiger partial charge in [0, 0.05) is 96.6 Å². The summed E-state index contributed by atoms with van der Waals surface area (Å²) >= 11 is 27.1. The maximum absolute atomic E-state index is 7.77. The van der Waals surface area contributed by atoms with Crippen molar-refractivity contribution in [2.45, 2.75) is 57.7 Å². The molecule has 10 aromatic rings. The Labute approximate surface area is 393 Å². The van der Waals surface area contributed by atoms with Crippen LogP contribution in [0.4, 0.5) is 0 Å². The molecule has 4 aromatic heterocycles. The van der Waals surface area contributed by atoms with E-state index in [9.17, 15) is 0 Å². The Morgan fingerprint density at radius 2 is 0.938 bits per heavy atom. The molecule has 2 N–H and O–H groups in total. The van der Waals surface area contributed by atoms with Gasteiger partial charge >= 0.3 is 0 Å². The van der Waals surface area contributed by atoms with Crippen molar-refractivity contribution in [3.8, 4) is 22.5 Å². The monoisotopic (exact) mass is 915 g/mol. The van der Waals surface area contributed by atoms with E-state index in [0.29, 0.717) is 46.0 Å². The maximum atomic E-state index is 7.77. The number of nitrogens with zero attached hydrogens (tertiary/aromatic N) is 4. The summed E-state index contributed by atoms with van der Waals surface area (Å²) < 4.78 is 4.69. The minimum absolute atomic E-state index is 0.520. The highest BCUT2D eigenvalue weighted by Crippen LogP contribution is 2.42. The first kappa shape index (κ1) is 42.3. The molecular formula is C55H45Cl4N5. The van der Waals surface area contributed by atoms with E-state index in [2.05, 4.69) is 101 Å². The summed E-state index contributed by atoms with van der Waals surface area (Å²) in [6, 6.07) is 53.6. The SMILES string of the molecule is CCCCC(N)(Cc1cc2c3ccccc3n(Cc3cccc(Cl)c3)c2c(-c2ccccc2Cl)n1)Cc1cc2c3ccccc3n(Cc3cccc(Cl)c3)c2c(-c2ccccc2Cl)n1. The molecule has 9 heteroatoms. The summed E-state index contributed by atoms with van der Waals surface area (Å²) in [7, 11) is 0. The quantitative estimate of drug-likeness (QED) is 0.125. The van der Waals surface area contributed by atoms with Gasteiger partial charge in [-0.25, -0.2) is 0 Å². The molecule has 0 aliphatic heterocycles. The van der Waals surface area contributed by atoms with Crippen molar-refractivity contribution < 1.29 is 0 Å². The van der Waals surface area contributed by atoms with E-state index in [4.69, 9.17) is 62.1 Å². The fourth-order valence-corrected chi connectivity index (χ4v) is 10.4. The second-order valence-corrected chi connectivity index (χ2v) is 18.6. The molecule has 0 amide bonds. The summed E-state index contributed by atoms with van der Waals surface area (Å²) in [5, 5.41) is 7.15. The van der Waals surface area contributed by atoms with E-state index < -0.39 is 5.54 Å². The molecule has 0 fully saturated rings. The Bertz CT molecular complexity index is 3150. The third-order valence-corrected chi connectivity index (χ3v) is 13.5. The fraction of sp³-hybridized carbons (Fsp3) is 0.164. The number of halogens is 4. The first-order chi connectivity index (χ1) is 31.2. The Morgan fingerprint density at radius 3 is 1.38 bits per heavy atom. The lowest BCUT2D eigenvalue weighted by Crippen LogP contribution is -2.45. The molecule has 318 valence electrons. The molecule has 0 saturated heterocycles. The molecule has 0 spiro atoms. The number of benzene rings is 6. The Hall–Kier alpha value is -5.66. The standard InChI is InChI=1S/C55H45Cl4N5/c1-2-3-26-55(60,31-39-29-45-41-18-6-10-24-49(41)63(33-35-14-12-16-37(56)27-35)53(45)51(61-39)43-20-4-8-22-47(43)58)32-40-30-46-42-19-7-11-25-50(42)64(34-36-15-13-17-38(57)28-36)54(46)52(62-40)44-21-5-9-23-48(44)59/h4-25,27-30H,2-3,26,31-34,60H2,1H3. The van der Waals surface area contributed by atoms with Crippen LogP contribution in [0.3, 0.4) is 0 Å². The van der Waals surface area contributed by atoms with E-state index in [1.807, 2.05) is 72.8 Å². The third-order valence-electron chi connectivity index (χ3n) is 12.4. The number of aromatic nitrogens is 4. The number of fused-ring (bicyclic) bond motifs is 6. The van der Waals surface area contributed by atoms with Gasteiger partial charge in [-0.3, -0.25) is 9.97 Å². The number of hydrogen-bond donors (Lipinski definition) is 1. The number of nitrogens with two attached hydrogens (primary N) is 1. The maximum Gasteiger partial charge on any atom is 0.0963 e. The van der Waals surface area contributed by atoms with E-state index in [1.165, 1.54) is 0 Å². The van der Waals surface area contributed by atoms with Crippen molar-refractivity contribution >= 4 is 90.0 Å². The second-order valence-electron chi connectivity index (χ2n) is 17.0. The molecule has 5 nitrogen and oxygen atoms in total. The zero-order valence-electron chi connectivity index (χ0n) is 35.3. The van der Waals surface area contributed by atoms with Crippen molar-refractivity contribution in [1.82, 2.24) is 19.1 Å². The normalized spacial score (nSPS) is 12.0. The average Bonchev–Trinajstić information content (AvgIpc) is 3.77. The smallest absolute Gasteiger partial charge is 0.0963 e. The minimum Gasteiger partial charge on any atom is -0.334 e. The van der Waals surface area contributed by atoms with Crippen LogP contribution >= 0.6 is 46.4 Å². The van der Waals surface area contributed by atoms with E-state index in [1.54, 1.807) is 0 Å². The zero-order valence-corrected chi connectivity index (χ0v) is 38.4. The van der Waals surface area contributed by atoms with Gasteiger partial charge in [0.1, 0.15) is 0 Å². The van der Waals surface area contributed by atoms with Crippen LogP contribution in [-0.4, -0.2) is 24.6 Å². The highest BCUT2D eigenvalue weighted by molar-refractivity contribution is 6.34. The first-order valence-electron chi connectivity index (χ1n) is 21.8. The lowest BCUT2D eigenvalue weighted by Gasteiger charge is -2.30. The predicted octanol–water partition coefficient (Wildman–Crippen LogP) is 15.4. The summed E-state index contributed by atoms with van der Waals surface area (Å²) in [6.07, 6.45) is 3.77. The minimum atomic E-state index is -0.703. The molecule has 4 heterocycles. The van der Waals surface area contributed by atoms with Crippen molar-refractivity contribution in [3.63, 3.8) is 0 Å². The van der Waals surface area contributed by atoms with Crippen LogP contribution in [-0.2, 0) is 25.9 Å². The van der Waals surface area contributed by atoms with Crippen LogP contribution in [0.1, 0.15) is 48.7 Å². The number of pyridine rings is 2. The van der Waals surface area contributed by atoms with Crippen LogP contribution < -0.4 is 5.73 Å². The summed E-state index contributed by atoms with van der Waals surface area (Å²) in [4.78, 5) is 11.1. The van der Waals surface area contributed by atoms with Crippen molar-refractivity contribution in [3.05, 3.63) is 200 Å². The van der Waals surface area contributed by atoms with Crippen LogP contribution in [0.2, 0.25) is 20.1 Å². The van der Waals surface area contributed by atoms with Gasteiger partial charge in [0.05, 0.1) is 32.5 Å². The van der Waals surface area contributed by atoms with Gasteiger partial charge in [0.2, 0.25) is 0 Å². The van der Waals surface area contributed by atoms with Gasteiger partial charge in [-0.1, -0.05) is 163 Å². The second kappa shape index (κ2) is 17.7. The molecule has 0 bridgehead atoms. The number of hydrogen-bond acceptors (Lipinski definition) is 3. The van der Waals surface area contributed by atoms with Crippen LogP contribution in [0.15, 0.2) is 158 Å². The fourth-order valence-electron chi connectivity index (χ4n) is 9.57. The Morgan fingerprint density at radius 1 is 0.500 bits per heavy atom. The van der Waals surface area contributed by atoms with E-state index in [0.717, 1.165) is 108 Å². The Balaban J connectivity index is 1.14. The summed E-state index contributed by atoms with van der Waals surface area (Å²) in [5.74, 6) is 0. The molecule has 10 rings (SSSR count). The molecular weight excluding hydrogens is 872 g/mol. The molecule has 0 atom stereocenters. The van der Waals surface area contributed by atoms with E-state index >= 15 is 0 Å². The topological polar surface area (TPSA) is 61.7 Å². The lowest BCUT2D eigenvalue weighted by molar-refractivity contribution is 0.368. The van der Waals surface area contributed by atoms with Crippen LogP contribution in [0, 0.1) is 0 Å². The molecule has 0 unspecified atom stereocenters. The zero-order chi connectivity index (χ0) is 44.0. The van der Waals surface area contributed by atoms with Gasteiger partial charge < -0.3 is 14.9 Å². The van der Waals surface area contributed by atoms with Gasteiger partial charge in [-0.2, -0.15) is 0 Å². The van der Waals surface area contributed by atoms with Gasteiger partial charge in [0.25, 0.3) is 0 Å². The first-order valence-corrected chi connectivity index (χ1v) is 23.3. The van der Waals surface area contributed by atoms with E-state index in [-0.39, 0.29) is 0 Å². The number of unbranched alkanes of at least 4 members (excludes halogenated alkanes) is 1. The van der Waals surface area contributed by atoms with Crippen LogP contribution in [0.5, 0.6) is 0 Å². The highest BCUT2D eigenvalue weighted by Gasteiger charge is 2.30. The average molecular weight is 918 g/mol. The largest absolute Gasteiger partial charge is 0.334 e.